The summed E-state index contributed by atoms with van der Waals surface area (Å²) in [5.74, 6) is 0.716. The molecule has 1 aliphatic rings. The number of carbonyl (C=O) groups is 2. The third kappa shape index (κ3) is 9.88. The molecule has 0 aliphatic heterocycles. The summed E-state index contributed by atoms with van der Waals surface area (Å²) in [5, 5.41) is 3.11. The van der Waals surface area contributed by atoms with E-state index in [-0.39, 0.29) is 29.9 Å². The molecule has 0 aromatic heterocycles. The molecule has 1 N–H and O–H groups in total. The molecule has 178 valence electrons. The standard InChI is InChI=1S/C27H41NO4/c1-4-6-7-8-9-20-31-24-15-10-22(11-16-24)12-19-26(29)32-25-17-13-23(14-18-25)28-27(30)21(3)5-2/h10-12,15-16,19,21,23,25H,4-9,13-14,17-18,20H2,1-3H3,(H,28,30)/b19-12+/t21?,23-,25-. The molecule has 5 heteroatoms. The first kappa shape index (κ1) is 26.0. The van der Waals surface area contributed by atoms with Gasteiger partial charge >= 0.3 is 5.97 Å². The molecule has 0 heterocycles. The van der Waals surface area contributed by atoms with E-state index in [1.54, 1.807) is 6.08 Å². The molecule has 1 fully saturated rings. The zero-order valence-corrected chi connectivity index (χ0v) is 20.1. The van der Waals surface area contributed by atoms with Crippen molar-refractivity contribution in [2.24, 2.45) is 5.92 Å². The summed E-state index contributed by atoms with van der Waals surface area (Å²) < 4.78 is 11.4. The number of esters is 1. The molecule has 0 spiro atoms. The van der Waals surface area contributed by atoms with E-state index in [9.17, 15) is 9.59 Å². The van der Waals surface area contributed by atoms with Gasteiger partial charge in [0, 0.05) is 18.0 Å². The fourth-order valence-corrected chi connectivity index (χ4v) is 3.79. The zero-order valence-electron chi connectivity index (χ0n) is 20.1. The van der Waals surface area contributed by atoms with Crippen molar-refractivity contribution in [3.63, 3.8) is 0 Å². The third-order valence-corrected chi connectivity index (χ3v) is 6.17. The van der Waals surface area contributed by atoms with Crippen LogP contribution in [0.5, 0.6) is 5.75 Å². The molecule has 1 atom stereocenters. The first-order valence-corrected chi connectivity index (χ1v) is 12.4. The number of benzene rings is 1. The Balaban J connectivity index is 1.65. The molecule has 1 unspecified atom stereocenters. The number of rotatable bonds is 13. The van der Waals surface area contributed by atoms with E-state index in [2.05, 4.69) is 12.2 Å². The highest BCUT2D eigenvalue weighted by Crippen LogP contribution is 2.22. The topological polar surface area (TPSA) is 64.6 Å². The van der Waals surface area contributed by atoms with E-state index in [0.29, 0.717) is 0 Å². The van der Waals surface area contributed by atoms with Gasteiger partial charge in [-0.3, -0.25) is 4.79 Å². The van der Waals surface area contributed by atoms with Gasteiger partial charge in [0.2, 0.25) is 5.91 Å². The van der Waals surface area contributed by atoms with Crippen molar-refractivity contribution < 1.29 is 19.1 Å². The highest BCUT2D eigenvalue weighted by molar-refractivity contribution is 5.87. The van der Waals surface area contributed by atoms with Crippen LogP contribution in [0.15, 0.2) is 30.3 Å². The maximum Gasteiger partial charge on any atom is 0.331 e. The lowest BCUT2D eigenvalue weighted by Crippen LogP contribution is -2.41. The third-order valence-electron chi connectivity index (χ3n) is 6.17. The van der Waals surface area contributed by atoms with Gasteiger partial charge in [-0.15, -0.1) is 0 Å². The average Bonchev–Trinajstić information content (AvgIpc) is 2.81. The van der Waals surface area contributed by atoms with Gasteiger partial charge in [-0.25, -0.2) is 4.79 Å². The Labute approximate surface area is 193 Å². The molecular formula is C27H41NO4. The first-order valence-electron chi connectivity index (χ1n) is 12.4. The number of amides is 1. The van der Waals surface area contributed by atoms with E-state index in [4.69, 9.17) is 9.47 Å². The number of hydrogen-bond donors (Lipinski definition) is 1. The Morgan fingerprint density at radius 2 is 1.72 bits per heavy atom. The molecule has 1 aromatic rings. The number of hydrogen-bond acceptors (Lipinski definition) is 4. The Morgan fingerprint density at radius 3 is 2.38 bits per heavy atom. The molecule has 0 saturated heterocycles. The van der Waals surface area contributed by atoms with Gasteiger partial charge in [0.05, 0.1) is 6.61 Å². The minimum atomic E-state index is -0.315. The van der Waals surface area contributed by atoms with E-state index in [1.807, 2.05) is 38.1 Å². The quantitative estimate of drug-likeness (QED) is 0.228. The van der Waals surface area contributed by atoms with Crippen molar-refractivity contribution in [2.45, 2.75) is 97.1 Å². The van der Waals surface area contributed by atoms with Crippen molar-refractivity contribution in [2.75, 3.05) is 6.61 Å². The van der Waals surface area contributed by atoms with Crippen molar-refractivity contribution in [1.82, 2.24) is 5.32 Å². The van der Waals surface area contributed by atoms with Gasteiger partial charge in [-0.2, -0.15) is 0 Å². The molecule has 1 amide bonds. The second kappa shape index (κ2) is 14.7. The minimum absolute atomic E-state index is 0.0480. The normalized spacial score (nSPS) is 19.5. The van der Waals surface area contributed by atoms with Crippen LogP contribution in [0.2, 0.25) is 0 Å². The van der Waals surface area contributed by atoms with Crippen LogP contribution in [0.4, 0.5) is 0 Å². The van der Waals surface area contributed by atoms with Crippen LogP contribution < -0.4 is 10.1 Å². The van der Waals surface area contributed by atoms with Crippen LogP contribution >= 0.6 is 0 Å². The zero-order chi connectivity index (χ0) is 23.2. The number of ether oxygens (including phenoxy) is 2. The van der Waals surface area contributed by atoms with Crippen LogP contribution in [0.1, 0.15) is 90.5 Å². The molecule has 1 aromatic carbocycles. The fourth-order valence-electron chi connectivity index (χ4n) is 3.79. The molecule has 5 nitrogen and oxygen atoms in total. The summed E-state index contributed by atoms with van der Waals surface area (Å²) in [4.78, 5) is 24.2. The fraction of sp³-hybridized carbons (Fsp3) is 0.630. The van der Waals surface area contributed by atoms with Crippen molar-refractivity contribution >= 4 is 18.0 Å². The van der Waals surface area contributed by atoms with Crippen LogP contribution in [0, 0.1) is 5.92 Å². The Bertz CT molecular complexity index is 705. The highest BCUT2D eigenvalue weighted by atomic mass is 16.5. The van der Waals surface area contributed by atoms with Gasteiger partial charge in [0.25, 0.3) is 0 Å². The van der Waals surface area contributed by atoms with Crippen LogP contribution in [-0.2, 0) is 14.3 Å². The van der Waals surface area contributed by atoms with Gasteiger partial charge in [0.1, 0.15) is 11.9 Å². The lowest BCUT2D eigenvalue weighted by Gasteiger charge is -2.29. The summed E-state index contributed by atoms with van der Waals surface area (Å²) in [6.07, 6.45) is 13.4. The predicted octanol–water partition coefficient (Wildman–Crippen LogP) is 6.07. The summed E-state index contributed by atoms with van der Waals surface area (Å²) >= 11 is 0. The largest absolute Gasteiger partial charge is 0.494 e. The summed E-state index contributed by atoms with van der Waals surface area (Å²) in [5.41, 5.74) is 0.939. The average molecular weight is 444 g/mol. The van der Waals surface area contributed by atoms with Gasteiger partial charge in [0.15, 0.2) is 0 Å². The molecular weight excluding hydrogens is 402 g/mol. The van der Waals surface area contributed by atoms with Gasteiger partial charge in [-0.1, -0.05) is 58.6 Å². The SMILES string of the molecule is CCCCCCCOc1ccc(/C=C/C(=O)O[C@H]2CC[C@H](NC(=O)C(C)CC)CC2)cc1. The lowest BCUT2D eigenvalue weighted by atomic mass is 9.92. The molecule has 1 saturated carbocycles. The first-order chi connectivity index (χ1) is 15.5. The van der Waals surface area contributed by atoms with Crippen LogP contribution in [0.3, 0.4) is 0 Å². The molecule has 2 rings (SSSR count). The number of nitrogens with one attached hydrogen (secondary N) is 1. The van der Waals surface area contributed by atoms with E-state index >= 15 is 0 Å². The molecule has 1 aliphatic carbocycles. The Hall–Kier alpha value is -2.30. The second-order valence-corrected chi connectivity index (χ2v) is 8.89. The summed E-state index contributed by atoms with van der Waals surface area (Å²) in [7, 11) is 0. The summed E-state index contributed by atoms with van der Waals surface area (Å²) in [6, 6.07) is 7.96. The number of unbranched alkanes of at least 4 members (excludes halogenated alkanes) is 4. The van der Waals surface area contributed by atoms with E-state index < -0.39 is 0 Å². The molecule has 32 heavy (non-hydrogen) atoms. The Kier molecular flexibility index (Phi) is 11.9. The smallest absolute Gasteiger partial charge is 0.331 e. The second-order valence-electron chi connectivity index (χ2n) is 8.89. The van der Waals surface area contributed by atoms with Crippen molar-refractivity contribution in [1.29, 1.82) is 0 Å². The molecule has 0 bridgehead atoms. The van der Waals surface area contributed by atoms with Crippen LogP contribution in [-0.4, -0.2) is 30.6 Å². The van der Waals surface area contributed by atoms with Crippen LogP contribution in [0.25, 0.3) is 6.08 Å². The van der Waals surface area contributed by atoms with Gasteiger partial charge in [-0.05, 0) is 62.3 Å². The Morgan fingerprint density at radius 1 is 1.03 bits per heavy atom. The predicted molar refractivity (Wildman–Crippen MR) is 129 cm³/mol. The van der Waals surface area contributed by atoms with Gasteiger partial charge < -0.3 is 14.8 Å². The maximum absolute atomic E-state index is 12.2. The summed E-state index contributed by atoms with van der Waals surface area (Å²) in [6.45, 7) is 6.93. The molecule has 0 radical (unpaired) electrons. The monoisotopic (exact) mass is 443 g/mol. The van der Waals surface area contributed by atoms with Crippen molar-refractivity contribution in [3.05, 3.63) is 35.9 Å². The minimum Gasteiger partial charge on any atom is -0.494 e. The highest BCUT2D eigenvalue weighted by Gasteiger charge is 2.25. The number of carbonyl (C=O) groups excluding carboxylic acids is 2. The lowest BCUT2D eigenvalue weighted by molar-refractivity contribution is -0.144. The van der Waals surface area contributed by atoms with E-state index in [0.717, 1.165) is 56.4 Å². The maximum atomic E-state index is 12.2. The van der Waals surface area contributed by atoms with Crippen molar-refractivity contribution in [3.8, 4) is 5.75 Å². The van der Waals surface area contributed by atoms with E-state index in [1.165, 1.54) is 31.8 Å².